The van der Waals surface area contributed by atoms with Crippen molar-refractivity contribution in [3.8, 4) is 0 Å². The Hall–Kier alpha value is -2.28. The predicted molar refractivity (Wildman–Crippen MR) is 83.2 cm³/mol. The van der Waals surface area contributed by atoms with Crippen LogP contribution in [0.15, 0.2) is 30.5 Å². The van der Waals surface area contributed by atoms with Gasteiger partial charge in [0.25, 0.3) is 5.91 Å². The minimum atomic E-state index is -0.290. The fourth-order valence-electron chi connectivity index (χ4n) is 2.83. The first kappa shape index (κ1) is 15.6. The van der Waals surface area contributed by atoms with Crippen LogP contribution in [0.1, 0.15) is 28.9 Å². The molecular weight excluding hydrogens is 297 g/mol. The lowest BCUT2D eigenvalue weighted by Gasteiger charge is -2.30. The molecule has 0 bridgehead atoms. The normalized spacial score (nSPS) is 15.8. The molecule has 2 heterocycles. The van der Waals surface area contributed by atoms with Crippen LogP contribution in [-0.2, 0) is 6.54 Å². The number of halogens is 1. The van der Waals surface area contributed by atoms with E-state index in [4.69, 9.17) is 5.73 Å². The molecule has 1 fully saturated rings. The van der Waals surface area contributed by atoms with Gasteiger partial charge in [-0.15, -0.1) is 5.10 Å². The highest BCUT2D eigenvalue weighted by molar-refractivity contribution is 5.91. The third kappa shape index (κ3) is 3.73. The maximum Gasteiger partial charge on any atom is 0.276 e. The quantitative estimate of drug-likeness (QED) is 0.921. The van der Waals surface area contributed by atoms with E-state index in [0.29, 0.717) is 37.8 Å². The van der Waals surface area contributed by atoms with Crippen molar-refractivity contribution >= 4 is 5.91 Å². The van der Waals surface area contributed by atoms with Crippen LogP contribution in [0.4, 0.5) is 4.39 Å². The number of likely N-dealkylation sites (tertiary alicyclic amines) is 1. The van der Waals surface area contributed by atoms with Gasteiger partial charge in [0.1, 0.15) is 5.82 Å². The van der Waals surface area contributed by atoms with E-state index in [9.17, 15) is 9.18 Å². The van der Waals surface area contributed by atoms with Crippen LogP contribution in [0.2, 0.25) is 0 Å². The highest BCUT2D eigenvalue weighted by atomic mass is 19.1. The number of carbonyl (C=O) groups excluding carboxylic acids is 1. The lowest BCUT2D eigenvalue weighted by atomic mass is 9.97. The molecule has 0 unspecified atom stereocenters. The highest BCUT2D eigenvalue weighted by Gasteiger charge is 2.24. The third-order valence-corrected chi connectivity index (χ3v) is 4.23. The van der Waals surface area contributed by atoms with Crippen molar-refractivity contribution in [2.45, 2.75) is 19.4 Å². The summed E-state index contributed by atoms with van der Waals surface area (Å²) in [6, 6.07) is 6.30. The average molecular weight is 317 g/mol. The summed E-state index contributed by atoms with van der Waals surface area (Å²) in [4.78, 5) is 14.2. The number of aromatic nitrogens is 3. The summed E-state index contributed by atoms with van der Waals surface area (Å²) in [6.45, 7) is 2.47. The van der Waals surface area contributed by atoms with E-state index in [1.165, 1.54) is 12.1 Å². The van der Waals surface area contributed by atoms with Gasteiger partial charge in [-0.05, 0) is 43.0 Å². The average Bonchev–Trinajstić information content (AvgIpc) is 3.03. The number of hydrogen-bond acceptors (Lipinski definition) is 4. The summed E-state index contributed by atoms with van der Waals surface area (Å²) in [5.74, 6) is 0.107. The van der Waals surface area contributed by atoms with Gasteiger partial charge >= 0.3 is 0 Å². The molecule has 0 atom stereocenters. The number of piperidine rings is 1. The molecule has 0 spiro atoms. The molecule has 122 valence electrons. The maximum absolute atomic E-state index is 13.2. The van der Waals surface area contributed by atoms with Crippen LogP contribution in [0, 0.1) is 11.7 Å². The number of benzene rings is 1. The number of carbonyl (C=O) groups is 1. The van der Waals surface area contributed by atoms with Gasteiger partial charge < -0.3 is 10.6 Å². The molecule has 1 aromatic carbocycles. The zero-order valence-electron chi connectivity index (χ0n) is 12.9. The van der Waals surface area contributed by atoms with Gasteiger partial charge in [-0.25, -0.2) is 9.07 Å². The van der Waals surface area contributed by atoms with Crippen molar-refractivity contribution in [1.82, 2.24) is 19.9 Å². The monoisotopic (exact) mass is 317 g/mol. The first-order chi connectivity index (χ1) is 11.2. The topological polar surface area (TPSA) is 77.0 Å². The van der Waals surface area contributed by atoms with Crippen LogP contribution in [0.5, 0.6) is 0 Å². The van der Waals surface area contributed by atoms with E-state index in [2.05, 4.69) is 10.3 Å². The lowest BCUT2D eigenvalue weighted by molar-refractivity contribution is 0.0687. The summed E-state index contributed by atoms with van der Waals surface area (Å²) < 4.78 is 14.7. The van der Waals surface area contributed by atoms with E-state index in [1.54, 1.807) is 21.8 Å². The van der Waals surface area contributed by atoms with E-state index in [1.807, 2.05) is 6.07 Å². The first-order valence-corrected chi connectivity index (χ1v) is 7.79. The molecule has 1 aliphatic rings. The molecule has 1 aliphatic heterocycles. The zero-order valence-corrected chi connectivity index (χ0v) is 12.9. The van der Waals surface area contributed by atoms with Crippen molar-refractivity contribution in [2.75, 3.05) is 19.6 Å². The molecule has 2 aromatic rings. The van der Waals surface area contributed by atoms with Crippen LogP contribution in [-0.4, -0.2) is 45.4 Å². The second-order valence-corrected chi connectivity index (χ2v) is 5.90. The second-order valence-electron chi connectivity index (χ2n) is 5.90. The van der Waals surface area contributed by atoms with E-state index >= 15 is 0 Å². The first-order valence-electron chi connectivity index (χ1n) is 7.79. The number of nitrogens with two attached hydrogens (primary N) is 1. The van der Waals surface area contributed by atoms with E-state index in [-0.39, 0.29) is 11.7 Å². The Morgan fingerprint density at radius 2 is 2.13 bits per heavy atom. The zero-order chi connectivity index (χ0) is 16.2. The molecule has 1 amide bonds. The van der Waals surface area contributed by atoms with Crippen LogP contribution < -0.4 is 5.73 Å². The van der Waals surface area contributed by atoms with E-state index in [0.717, 1.165) is 18.4 Å². The Kier molecular flexibility index (Phi) is 4.66. The van der Waals surface area contributed by atoms with Crippen molar-refractivity contribution in [2.24, 2.45) is 11.7 Å². The van der Waals surface area contributed by atoms with Crippen LogP contribution in [0.25, 0.3) is 0 Å². The van der Waals surface area contributed by atoms with Gasteiger partial charge in [0.05, 0.1) is 12.7 Å². The minimum Gasteiger partial charge on any atom is -0.337 e. The van der Waals surface area contributed by atoms with E-state index < -0.39 is 0 Å². The molecule has 1 aromatic heterocycles. The number of rotatable bonds is 4. The molecule has 0 aliphatic carbocycles. The van der Waals surface area contributed by atoms with Gasteiger partial charge in [0, 0.05) is 13.1 Å². The minimum absolute atomic E-state index is 0.106. The SMILES string of the molecule is NCC1CCN(C(=O)c2cn(Cc3cccc(F)c3)nn2)CC1. The number of amides is 1. The molecule has 3 rings (SSSR count). The van der Waals surface area contributed by atoms with Gasteiger partial charge in [-0.3, -0.25) is 4.79 Å². The fraction of sp³-hybridized carbons (Fsp3) is 0.438. The number of nitrogens with zero attached hydrogens (tertiary/aromatic N) is 4. The largest absolute Gasteiger partial charge is 0.337 e. The Morgan fingerprint density at radius 1 is 1.35 bits per heavy atom. The second kappa shape index (κ2) is 6.87. The molecule has 2 N–H and O–H groups in total. The lowest BCUT2D eigenvalue weighted by Crippen LogP contribution is -2.40. The number of hydrogen-bond donors (Lipinski definition) is 1. The summed E-state index contributed by atoms with van der Waals surface area (Å²) in [5, 5.41) is 7.92. The smallest absolute Gasteiger partial charge is 0.276 e. The standard InChI is InChI=1S/C16H20FN5O/c17-14-3-1-2-13(8-14)10-22-11-15(19-20-22)16(23)21-6-4-12(9-18)5-7-21/h1-3,8,11-12H,4-7,9-10,18H2. The van der Waals surface area contributed by atoms with Crippen molar-refractivity contribution in [1.29, 1.82) is 0 Å². The molecular formula is C16H20FN5O. The molecule has 6 nitrogen and oxygen atoms in total. The van der Waals surface area contributed by atoms with Crippen molar-refractivity contribution < 1.29 is 9.18 Å². The Labute approximate surface area is 134 Å². The molecule has 7 heteroatoms. The van der Waals surface area contributed by atoms with Gasteiger partial charge in [-0.1, -0.05) is 17.3 Å². The predicted octanol–water partition coefficient (Wildman–Crippen LogP) is 1.28. The Morgan fingerprint density at radius 3 is 2.83 bits per heavy atom. The maximum atomic E-state index is 13.2. The summed E-state index contributed by atoms with van der Waals surface area (Å²) in [7, 11) is 0. The van der Waals surface area contributed by atoms with Crippen molar-refractivity contribution in [3.05, 3.63) is 47.5 Å². The van der Waals surface area contributed by atoms with Gasteiger partial charge in [-0.2, -0.15) is 0 Å². The Bertz CT molecular complexity index is 679. The fourth-order valence-corrected chi connectivity index (χ4v) is 2.83. The Balaban J connectivity index is 1.63. The third-order valence-electron chi connectivity index (χ3n) is 4.23. The van der Waals surface area contributed by atoms with Gasteiger partial charge in [0.15, 0.2) is 5.69 Å². The summed E-state index contributed by atoms with van der Waals surface area (Å²) >= 11 is 0. The summed E-state index contributed by atoms with van der Waals surface area (Å²) in [6.07, 6.45) is 3.47. The molecule has 0 radical (unpaired) electrons. The van der Waals surface area contributed by atoms with Gasteiger partial charge in [0.2, 0.25) is 0 Å². The van der Waals surface area contributed by atoms with Crippen molar-refractivity contribution in [3.63, 3.8) is 0 Å². The highest BCUT2D eigenvalue weighted by Crippen LogP contribution is 2.17. The van der Waals surface area contributed by atoms with Crippen LogP contribution >= 0.6 is 0 Å². The van der Waals surface area contributed by atoms with Crippen LogP contribution in [0.3, 0.4) is 0 Å². The molecule has 0 saturated carbocycles. The molecule has 1 saturated heterocycles. The molecule has 23 heavy (non-hydrogen) atoms. The summed E-state index contributed by atoms with van der Waals surface area (Å²) in [5.41, 5.74) is 6.77.